The molecule has 0 fully saturated rings. The second-order valence-electron chi connectivity index (χ2n) is 4.22. The summed E-state index contributed by atoms with van der Waals surface area (Å²) in [6.07, 6.45) is 2.98. The standard InChI is InChI=1S/C14H16N6/c1-10-6-4-5-7-11(10)12-8-17-13(15)14(19-12)20(3)18-9-16-2/h4-9H,2H2,1,3H3,(H2,15,17)/b18-9-. The highest BCUT2D eigenvalue weighted by molar-refractivity contribution is 5.69. The van der Waals surface area contributed by atoms with Crippen LogP contribution in [0, 0.1) is 6.92 Å². The van der Waals surface area contributed by atoms with Crippen LogP contribution in [0.5, 0.6) is 0 Å². The summed E-state index contributed by atoms with van der Waals surface area (Å²) < 4.78 is 0. The lowest BCUT2D eigenvalue weighted by molar-refractivity contribution is 0.972. The van der Waals surface area contributed by atoms with Crippen molar-refractivity contribution >= 4 is 24.7 Å². The average molecular weight is 268 g/mol. The molecule has 0 radical (unpaired) electrons. The van der Waals surface area contributed by atoms with Crippen LogP contribution in [0.3, 0.4) is 0 Å². The number of nitrogen functional groups attached to an aromatic ring is 1. The number of nitrogens with two attached hydrogens (primary N) is 1. The molecule has 6 heteroatoms. The van der Waals surface area contributed by atoms with Crippen molar-refractivity contribution in [2.24, 2.45) is 10.1 Å². The van der Waals surface area contributed by atoms with Gasteiger partial charge < -0.3 is 5.73 Å². The van der Waals surface area contributed by atoms with Gasteiger partial charge in [-0.1, -0.05) is 24.3 Å². The second-order valence-corrected chi connectivity index (χ2v) is 4.22. The van der Waals surface area contributed by atoms with Crippen LogP contribution in [0.15, 0.2) is 40.6 Å². The van der Waals surface area contributed by atoms with Gasteiger partial charge >= 0.3 is 0 Å². The van der Waals surface area contributed by atoms with Gasteiger partial charge in [0.2, 0.25) is 0 Å². The molecule has 20 heavy (non-hydrogen) atoms. The van der Waals surface area contributed by atoms with Crippen LogP contribution < -0.4 is 10.7 Å². The van der Waals surface area contributed by atoms with Crippen LogP contribution in [0.4, 0.5) is 11.6 Å². The van der Waals surface area contributed by atoms with Crippen LogP contribution in [0.25, 0.3) is 11.3 Å². The van der Waals surface area contributed by atoms with E-state index >= 15 is 0 Å². The highest BCUT2D eigenvalue weighted by Crippen LogP contribution is 2.25. The van der Waals surface area contributed by atoms with Crippen LogP contribution >= 0.6 is 0 Å². The fraction of sp³-hybridized carbons (Fsp3) is 0.143. The minimum Gasteiger partial charge on any atom is -0.381 e. The summed E-state index contributed by atoms with van der Waals surface area (Å²) in [5, 5.41) is 5.54. The number of hydrazone groups is 1. The Bertz CT molecular complexity index is 650. The summed E-state index contributed by atoms with van der Waals surface area (Å²) in [6.45, 7) is 5.36. The molecule has 0 aliphatic heterocycles. The van der Waals surface area contributed by atoms with Gasteiger partial charge in [-0.25, -0.2) is 15.0 Å². The van der Waals surface area contributed by atoms with Crippen molar-refractivity contribution in [1.29, 1.82) is 0 Å². The van der Waals surface area contributed by atoms with Gasteiger partial charge in [0.25, 0.3) is 0 Å². The molecule has 1 heterocycles. The summed E-state index contributed by atoms with van der Waals surface area (Å²) in [6, 6.07) is 7.96. The highest BCUT2D eigenvalue weighted by atomic mass is 15.5. The molecule has 0 unspecified atom stereocenters. The zero-order valence-corrected chi connectivity index (χ0v) is 11.5. The van der Waals surface area contributed by atoms with Crippen LogP contribution in [-0.4, -0.2) is 30.1 Å². The SMILES string of the molecule is C=N/C=N\N(C)c1nc(-c2ccccc2C)cnc1N. The van der Waals surface area contributed by atoms with Gasteiger partial charge in [0.05, 0.1) is 11.9 Å². The van der Waals surface area contributed by atoms with E-state index in [1.807, 2.05) is 31.2 Å². The molecule has 2 rings (SSSR count). The Labute approximate surface area is 117 Å². The molecular weight excluding hydrogens is 252 g/mol. The second kappa shape index (κ2) is 5.92. The van der Waals surface area contributed by atoms with Crippen molar-refractivity contribution in [3.05, 3.63) is 36.0 Å². The third kappa shape index (κ3) is 2.80. The quantitative estimate of drug-likeness (QED) is 0.523. The molecule has 0 amide bonds. The maximum absolute atomic E-state index is 5.84. The number of aliphatic imine (C=N–C) groups is 1. The minimum atomic E-state index is 0.311. The fourth-order valence-electron chi connectivity index (χ4n) is 1.79. The lowest BCUT2D eigenvalue weighted by Gasteiger charge is -2.14. The summed E-state index contributed by atoms with van der Waals surface area (Å²) in [4.78, 5) is 12.3. The van der Waals surface area contributed by atoms with E-state index in [4.69, 9.17) is 5.73 Å². The van der Waals surface area contributed by atoms with Crippen LogP contribution in [0.1, 0.15) is 5.56 Å². The Hall–Kier alpha value is -2.76. The fourth-order valence-corrected chi connectivity index (χ4v) is 1.79. The lowest BCUT2D eigenvalue weighted by Crippen LogP contribution is -2.14. The third-order valence-electron chi connectivity index (χ3n) is 2.82. The van der Waals surface area contributed by atoms with E-state index in [1.54, 1.807) is 13.2 Å². The molecule has 0 saturated heterocycles. The smallest absolute Gasteiger partial charge is 0.192 e. The Morgan fingerprint density at radius 3 is 2.80 bits per heavy atom. The summed E-state index contributed by atoms with van der Waals surface area (Å²) >= 11 is 0. The van der Waals surface area contributed by atoms with Crippen molar-refractivity contribution in [3.8, 4) is 11.3 Å². The average Bonchev–Trinajstić information content (AvgIpc) is 2.46. The largest absolute Gasteiger partial charge is 0.381 e. The zero-order chi connectivity index (χ0) is 14.5. The topological polar surface area (TPSA) is 79.8 Å². The number of nitrogens with zero attached hydrogens (tertiary/aromatic N) is 5. The van der Waals surface area contributed by atoms with Gasteiger partial charge in [0, 0.05) is 12.6 Å². The highest BCUT2D eigenvalue weighted by Gasteiger charge is 2.11. The van der Waals surface area contributed by atoms with Crippen molar-refractivity contribution in [3.63, 3.8) is 0 Å². The zero-order valence-electron chi connectivity index (χ0n) is 11.5. The van der Waals surface area contributed by atoms with Crippen molar-refractivity contribution in [1.82, 2.24) is 9.97 Å². The van der Waals surface area contributed by atoms with E-state index in [0.717, 1.165) is 16.8 Å². The van der Waals surface area contributed by atoms with E-state index in [9.17, 15) is 0 Å². The molecule has 0 spiro atoms. The Balaban J connectivity index is 2.46. The Morgan fingerprint density at radius 1 is 1.35 bits per heavy atom. The Morgan fingerprint density at radius 2 is 2.10 bits per heavy atom. The number of anilines is 2. The van der Waals surface area contributed by atoms with E-state index in [1.165, 1.54) is 11.3 Å². The van der Waals surface area contributed by atoms with Gasteiger partial charge in [-0.2, -0.15) is 5.10 Å². The van der Waals surface area contributed by atoms with E-state index in [0.29, 0.717) is 11.6 Å². The Kier molecular flexibility index (Phi) is 4.05. The van der Waals surface area contributed by atoms with Crippen LogP contribution in [-0.2, 0) is 0 Å². The first-order chi connectivity index (χ1) is 9.63. The molecule has 0 aliphatic rings. The number of hydrogen-bond acceptors (Lipinski definition) is 5. The lowest BCUT2D eigenvalue weighted by atomic mass is 10.1. The molecule has 102 valence electrons. The summed E-state index contributed by atoms with van der Waals surface area (Å²) in [5.41, 5.74) is 8.73. The first kappa shape index (κ1) is 13.7. The number of aryl methyl sites for hydroxylation is 1. The maximum Gasteiger partial charge on any atom is 0.192 e. The van der Waals surface area contributed by atoms with Crippen molar-refractivity contribution in [2.75, 3.05) is 17.8 Å². The molecule has 1 aromatic heterocycles. The molecular formula is C14H16N6. The first-order valence-corrected chi connectivity index (χ1v) is 6.04. The summed E-state index contributed by atoms with van der Waals surface area (Å²) in [7, 11) is 1.73. The molecule has 1 aromatic carbocycles. The maximum atomic E-state index is 5.84. The van der Waals surface area contributed by atoms with E-state index in [-0.39, 0.29) is 0 Å². The van der Waals surface area contributed by atoms with Gasteiger partial charge in [0.15, 0.2) is 11.6 Å². The molecule has 0 atom stereocenters. The van der Waals surface area contributed by atoms with Crippen molar-refractivity contribution in [2.45, 2.75) is 6.92 Å². The molecule has 2 N–H and O–H groups in total. The molecule has 0 bridgehead atoms. The predicted molar refractivity (Wildman–Crippen MR) is 83.1 cm³/mol. The molecule has 0 aliphatic carbocycles. The summed E-state index contributed by atoms with van der Waals surface area (Å²) in [5.74, 6) is 0.789. The molecule has 0 saturated carbocycles. The number of rotatable bonds is 4. The normalized spacial score (nSPS) is 10.7. The number of aromatic nitrogens is 2. The predicted octanol–water partition coefficient (Wildman–Crippen LogP) is 2.11. The minimum absolute atomic E-state index is 0.311. The van der Waals surface area contributed by atoms with Crippen molar-refractivity contribution < 1.29 is 0 Å². The van der Waals surface area contributed by atoms with E-state index < -0.39 is 0 Å². The third-order valence-corrected chi connectivity index (χ3v) is 2.82. The van der Waals surface area contributed by atoms with Crippen LogP contribution in [0.2, 0.25) is 0 Å². The van der Waals surface area contributed by atoms with Gasteiger partial charge in [0.1, 0.15) is 6.34 Å². The van der Waals surface area contributed by atoms with Gasteiger partial charge in [-0.15, -0.1) is 0 Å². The number of hydrogen-bond donors (Lipinski definition) is 1. The van der Waals surface area contributed by atoms with Gasteiger partial charge in [-0.3, -0.25) is 4.99 Å². The monoisotopic (exact) mass is 268 g/mol. The molecule has 6 nitrogen and oxygen atoms in total. The van der Waals surface area contributed by atoms with Gasteiger partial charge in [-0.05, 0) is 19.2 Å². The molecule has 2 aromatic rings. The first-order valence-electron chi connectivity index (χ1n) is 6.04. The number of benzene rings is 1. The van der Waals surface area contributed by atoms with E-state index in [2.05, 4.69) is 26.8 Å².